The smallest absolute Gasteiger partial charge is 0.276 e. The summed E-state index contributed by atoms with van der Waals surface area (Å²) in [7, 11) is 1.83. The number of likely N-dealkylation sites (tertiary alicyclic amines) is 1. The van der Waals surface area contributed by atoms with E-state index >= 15 is 0 Å². The van der Waals surface area contributed by atoms with Gasteiger partial charge in [-0.1, -0.05) is 5.16 Å². The second kappa shape index (κ2) is 5.40. The zero-order valence-corrected chi connectivity index (χ0v) is 14.6. The molecular weight excluding hydrogens is 332 g/mol. The predicted molar refractivity (Wildman–Crippen MR) is 91.6 cm³/mol. The summed E-state index contributed by atoms with van der Waals surface area (Å²) in [6.45, 7) is 1.14. The minimum Gasteiger partial charge on any atom is -0.360 e. The molecule has 134 valence electrons. The lowest BCUT2D eigenvalue weighted by molar-refractivity contribution is 0.0332. The molecule has 3 aliphatic rings. The number of rotatable bonds is 2. The van der Waals surface area contributed by atoms with Crippen LogP contribution in [0.5, 0.6) is 0 Å². The van der Waals surface area contributed by atoms with Crippen molar-refractivity contribution in [1.29, 1.82) is 0 Å². The lowest BCUT2D eigenvalue weighted by Crippen LogP contribution is -2.51. The van der Waals surface area contributed by atoms with E-state index in [-0.39, 0.29) is 11.8 Å². The van der Waals surface area contributed by atoms with Gasteiger partial charge in [0.2, 0.25) is 0 Å². The van der Waals surface area contributed by atoms with Gasteiger partial charge >= 0.3 is 0 Å². The number of carbonyl (C=O) groups excluding carboxylic acids is 2. The molecule has 26 heavy (non-hydrogen) atoms. The maximum Gasteiger partial charge on any atom is 0.276 e. The number of amides is 2. The highest BCUT2D eigenvalue weighted by Crippen LogP contribution is 2.44. The van der Waals surface area contributed by atoms with E-state index in [2.05, 4.69) is 10.1 Å². The number of aromatic nitrogens is 2. The number of hydrogen-bond acceptors (Lipinski definition) is 5. The molecule has 1 saturated heterocycles. The van der Waals surface area contributed by atoms with E-state index in [1.807, 2.05) is 13.1 Å². The molecule has 1 aliphatic carbocycles. The molecule has 4 heterocycles. The summed E-state index contributed by atoms with van der Waals surface area (Å²) in [5.74, 6) is 1.18. The van der Waals surface area contributed by atoms with Gasteiger partial charge in [0.15, 0.2) is 5.69 Å². The first-order chi connectivity index (χ1) is 12.6. The van der Waals surface area contributed by atoms with Gasteiger partial charge < -0.3 is 14.3 Å². The third kappa shape index (κ3) is 2.12. The second-order valence-electron chi connectivity index (χ2n) is 7.48. The SMILES string of the molecule is CN1C(=O)c2cccnc2C12CCN(C(=O)c1cc(C3CC3)on1)CC2. The van der Waals surface area contributed by atoms with E-state index in [1.165, 1.54) is 0 Å². The topological polar surface area (TPSA) is 79.5 Å². The Kier molecular flexibility index (Phi) is 3.23. The fourth-order valence-corrected chi connectivity index (χ4v) is 4.25. The second-order valence-corrected chi connectivity index (χ2v) is 7.48. The van der Waals surface area contributed by atoms with Crippen LogP contribution in [0, 0.1) is 0 Å². The summed E-state index contributed by atoms with van der Waals surface area (Å²) >= 11 is 0. The van der Waals surface area contributed by atoms with Gasteiger partial charge in [0.25, 0.3) is 11.8 Å². The molecule has 0 N–H and O–H groups in total. The third-order valence-electron chi connectivity index (χ3n) is 6.03. The van der Waals surface area contributed by atoms with Gasteiger partial charge in [0.05, 0.1) is 16.8 Å². The van der Waals surface area contributed by atoms with Crippen molar-refractivity contribution in [3.05, 3.63) is 47.1 Å². The first-order valence-corrected chi connectivity index (χ1v) is 9.10. The zero-order valence-electron chi connectivity index (χ0n) is 14.6. The Morgan fingerprint density at radius 1 is 1.31 bits per heavy atom. The highest BCUT2D eigenvalue weighted by atomic mass is 16.5. The molecule has 2 amide bonds. The van der Waals surface area contributed by atoms with Crippen molar-refractivity contribution in [2.75, 3.05) is 20.1 Å². The Bertz CT molecular complexity index is 894. The summed E-state index contributed by atoms with van der Waals surface area (Å²) < 4.78 is 5.31. The monoisotopic (exact) mass is 352 g/mol. The molecule has 0 unspecified atom stereocenters. The van der Waals surface area contributed by atoms with E-state index in [0.29, 0.717) is 43.1 Å². The van der Waals surface area contributed by atoms with Gasteiger partial charge in [-0.15, -0.1) is 0 Å². The summed E-state index contributed by atoms with van der Waals surface area (Å²) in [5.41, 5.74) is 1.50. The quantitative estimate of drug-likeness (QED) is 0.827. The lowest BCUT2D eigenvalue weighted by Gasteiger charge is -2.43. The fraction of sp³-hybridized carbons (Fsp3) is 0.474. The molecule has 5 rings (SSSR count). The number of piperidine rings is 1. The number of carbonyl (C=O) groups is 2. The molecule has 7 heteroatoms. The van der Waals surface area contributed by atoms with Crippen molar-refractivity contribution < 1.29 is 14.1 Å². The van der Waals surface area contributed by atoms with Crippen LogP contribution >= 0.6 is 0 Å². The molecule has 0 atom stereocenters. The summed E-state index contributed by atoms with van der Waals surface area (Å²) in [6.07, 6.45) is 5.32. The number of fused-ring (bicyclic) bond motifs is 2. The van der Waals surface area contributed by atoms with Crippen LogP contribution in [-0.4, -0.2) is 51.9 Å². The van der Waals surface area contributed by atoms with Crippen molar-refractivity contribution in [2.45, 2.75) is 37.1 Å². The van der Waals surface area contributed by atoms with Crippen LogP contribution in [0.25, 0.3) is 0 Å². The Balaban J connectivity index is 1.36. The van der Waals surface area contributed by atoms with Crippen LogP contribution in [0.2, 0.25) is 0 Å². The van der Waals surface area contributed by atoms with E-state index in [4.69, 9.17) is 4.52 Å². The Morgan fingerprint density at radius 3 is 2.81 bits per heavy atom. The van der Waals surface area contributed by atoms with Crippen molar-refractivity contribution in [3.63, 3.8) is 0 Å². The number of nitrogens with zero attached hydrogens (tertiary/aromatic N) is 4. The average Bonchev–Trinajstić information content (AvgIpc) is 3.38. The molecule has 2 aromatic rings. The highest BCUT2D eigenvalue weighted by Gasteiger charge is 2.51. The largest absolute Gasteiger partial charge is 0.360 e. The first kappa shape index (κ1) is 15.5. The Morgan fingerprint density at radius 2 is 2.08 bits per heavy atom. The normalized spacial score (nSPS) is 21.3. The molecule has 0 bridgehead atoms. The van der Waals surface area contributed by atoms with Crippen LogP contribution in [0.1, 0.15) is 63.9 Å². The van der Waals surface area contributed by atoms with Crippen LogP contribution < -0.4 is 0 Å². The molecule has 2 aliphatic heterocycles. The molecule has 2 aromatic heterocycles. The van der Waals surface area contributed by atoms with Crippen LogP contribution in [0.15, 0.2) is 28.9 Å². The average molecular weight is 352 g/mol. The summed E-state index contributed by atoms with van der Waals surface area (Å²) in [4.78, 5) is 33.4. The molecule has 7 nitrogen and oxygen atoms in total. The van der Waals surface area contributed by atoms with Crippen molar-refractivity contribution in [2.24, 2.45) is 0 Å². The third-order valence-corrected chi connectivity index (χ3v) is 6.03. The Labute approximate surface area is 151 Å². The van der Waals surface area contributed by atoms with Crippen LogP contribution in [0.3, 0.4) is 0 Å². The number of pyridine rings is 1. The molecule has 0 aromatic carbocycles. The van der Waals surface area contributed by atoms with Gasteiger partial charge in [0.1, 0.15) is 5.76 Å². The summed E-state index contributed by atoms with van der Waals surface area (Å²) in [6, 6.07) is 5.42. The lowest BCUT2D eigenvalue weighted by atomic mass is 9.84. The van der Waals surface area contributed by atoms with Crippen molar-refractivity contribution >= 4 is 11.8 Å². The zero-order chi connectivity index (χ0) is 17.9. The van der Waals surface area contributed by atoms with Gasteiger partial charge in [-0.05, 0) is 37.8 Å². The van der Waals surface area contributed by atoms with Crippen molar-refractivity contribution in [1.82, 2.24) is 19.9 Å². The maximum atomic E-state index is 12.8. The van der Waals surface area contributed by atoms with Gasteiger partial charge in [-0.3, -0.25) is 14.6 Å². The molecule has 1 spiro atoms. The van der Waals surface area contributed by atoms with Gasteiger partial charge in [0, 0.05) is 38.3 Å². The maximum absolute atomic E-state index is 12.8. The molecule has 0 radical (unpaired) electrons. The first-order valence-electron chi connectivity index (χ1n) is 9.10. The van der Waals surface area contributed by atoms with E-state index < -0.39 is 5.54 Å². The predicted octanol–water partition coefficient (Wildman–Crippen LogP) is 2.16. The Hall–Kier alpha value is -2.70. The minimum absolute atomic E-state index is 0.0125. The van der Waals surface area contributed by atoms with Gasteiger partial charge in [-0.25, -0.2) is 0 Å². The highest BCUT2D eigenvalue weighted by molar-refractivity contribution is 5.99. The standard InChI is InChI=1S/C19H20N4O3/c1-22-17(24)13-3-2-8-20-16(13)19(22)6-9-23(10-7-19)18(25)14-11-15(26-21-14)12-4-5-12/h2-3,8,11-12H,4-7,9-10H2,1H3. The number of hydrogen-bond donors (Lipinski definition) is 0. The van der Waals surface area contributed by atoms with Crippen LogP contribution in [-0.2, 0) is 5.54 Å². The van der Waals surface area contributed by atoms with E-state index in [0.717, 1.165) is 24.3 Å². The van der Waals surface area contributed by atoms with Crippen LogP contribution in [0.4, 0.5) is 0 Å². The van der Waals surface area contributed by atoms with E-state index in [9.17, 15) is 9.59 Å². The molecule has 2 fully saturated rings. The van der Waals surface area contributed by atoms with Gasteiger partial charge in [-0.2, -0.15) is 0 Å². The molecular formula is C19H20N4O3. The van der Waals surface area contributed by atoms with E-state index in [1.54, 1.807) is 28.1 Å². The fourth-order valence-electron chi connectivity index (χ4n) is 4.25. The summed E-state index contributed by atoms with van der Waals surface area (Å²) in [5, 5.41) is 3.96. The minimum atomic E-state index is -0.409. The molecule has 1 saturated carbocycles. The van der Waals surface area contributed by atoms with Crippen molar-refractivity contribution in [3.8, 4) is 0 Å².